The van der Waals surface area contributed by atoms with Gasteiger partial charge in [0.1, 0.15) is 0 Å². The lowest BCUT2D eigenvalue weighted by atomic mass is 10.3. The Morgan fingerprint density at radius 2 is 1.67 bits per heavy atom. The SMILES string of the molecule is CC.CC.Cc1cc(C)n2ccncc12. The second kappa shape index (κ2) is 7.04. The first-order valence-electron chi connectivity index (χ1n) is 5.67. The largest absolute Gasteiger partial charge is 0.318 e. The van der Waals surface area contributed by atoms with Gasteiger partial charge < -0.3 is 4.40 Å². The van der Waals surface area contributed by atoms with Gasteiger partial charge in [0.15, 0.2) is 0 Å². The van der Waals surface area contributed by atoms with Gasteiger partial charge >= 0.3 is 0 Å². The highest BCUT2D eigenvalue weighted by Gasteiger charge is 1.99. The molecule has 2 heteroatoms. The van der Waals surface area contributed by atoms with E-state index in [0.29, 0.717) is 0 Å². The van der Waals surface area contributed by atoms with Crippen LogP contribution in [0, 0.1) is 13.8 Å². The molecule has 2 aromatic heterocycles. The summed E-state index contributed by atoms with van der Waals surface area (Å²) < 4.78 is 2.14. The Morgan fingerprint density at radius 3 is 2.20 bits per heavy atom. The Labute approximate surface area is 93.0 Å². The minimum Gasteiger partial charge on any atom is -0.318 e. The molecule has 0 bridgehead atoms. The lowest BCUT2D eigenvalue weighted by Gasteiger charge is -1.94. The highest BCUT2D eigenvalue weighted by Crippen LogP contribution is 2.13. The molecule has 2 heterocycles. The van der Waals surface area contributed by atoms with Gasteiger partial charge in [0, 0.05) is 18.1 Å². The van der Waals surface area contributed by atoms with E-state index in [1.807, 2.05) is 40.1 Å². The Bertz CT molecular complexity index is 352. The molecule has 0 saturated carbocycles. The molecular formula is C13H22N2. The maximum atomic E-state index is 4.07. The molecule has 0 aliphatic carbocycles. The fraction of sp³-hybridized carbons (Fsp3) is 0.462. The van der Waals surface area contributed by atoms with Crippen LogP contribution in [0.2, 0.25) is 0 Å². The van der Waals surface area contributed by atoms with Crippen molar-refractivity contribution < 1.29 is 0 Å². The molecular weight excluding hydrogens is 184 g/mol. The smallest absolute Gasteiger partial charge is 0.0666 e. The van der Waals surface area contributed by atoms with Crippen LogP contribution in [-0.2, 0) is 0 Å². The Balaban J connectivity index is 0.000000442. The topological polar surface area (TPSA) is 17.3 Å². The number of nitrogens with zero attached hydrogens (tertiary/aromatic N) is 2. The van der Waals surface area contributed by atoms with Crippen LogP contribution in [-0.4, -0.2) is 9.38 Å². The number of rotatable bonds is 0. The molecule has 84 valence electrons. The third-order valence-corrected chi connectivity index (χ3v) is 1.97. The van der Waals surface area contributed by atoms with Crippen molar-refractivity contribution in [2.24, 2.45) is 0 Å². The molecule has 0 radical (unpaired) electrons. The van der Waals surface area contributed by atoms with E-state index in [1.54, 1.807) is 6.20 Å². The van der Waals surface area contributed by atoms with Crippen molar-refractivity contribution in [1.82, 2.24) is 9.38 Å². The molecule has 0 amide bonds. The maximum absolute atomic E-state index is 4.07. The number of hydrogen-bond donors (Lipinski definition) is 0. The van der Waals surface area contributed by atoms with Gasteiger partial charge in [-0.1, -0.05) is 27.7 Å². The molecule has 0 aliphatic rings. The van der Waals surface area contributed by atoms with Crippen molar-refractivity contribution >= 4 is 5.52 Å². The zero-order valence-corrected chi connectivity index (χ0v) is 10.7. The third-order valence-electron chi connectivity index (χ3n) is 1.97. The monoisotopic (exact) mass is 206 g/mol. The van der Waals surface area contributed by atoms with Gasteiger partial charge in [0.05, 0.1) is 11.7 Å². The van der Waals surface area contributed by atoms with Crippen molar-refractivity contribution in [1.29, 1.82) is 0 Å². The van der Waals surface area contributed by atoms with Gasteiger partial charge in [-0.15, -0.1) is 0 Å². The second-order valence-electron chi connectivity index (χ2n) is 2.80. The zero-order valence-electron chi connectivity index (χ0n) is 10.7. The first-order valence-corrected chi connectivity index (χ1v) is 5.67. The van der Waals surface area contributed by atoms with Crippen LogP contribution in [0.4, 0.5) is 0 Å². The number of fused-ring (bicyclic) bond motifs is 1. The summed E-state index contributed by atoms with van der Waals surface area (Å²) in [4.78, 5) is 4.07. The van der Waals surface area contributed by atoms with E-state index in [9.17, 15) is 0 Å². The molecule has 0 aromatic carbocycles. The summed E-state index contributed by atoms with van der Waals surface area (Å²) in [6.45, 7) is 12.2. The predicted molar refractivity (Wildman–Crippen MR) is 67.4 cm³/mol. The first kappa shape index (κ1) is 13.7. The fourth-order valence-electron chi connectivity index (χ4n) is 1.42. The Kier molecular flexibility index (Phi) is 6.43. The standard InChI is InChI=1S/C9H10N2.2C2H6/c1-7-5-8(2)11-4-3-10-6-9(7)11;2*1-2/h3-6H,1-2H3;2*1-2H3. The van der Waals surface area contributed by atoms with E-state index >= 15 is 0 Å². The van der Waals surface area contributed by atoms with Crippen molar-refractivity contribution in [2.45, 2.75) is 41.5 Å². The van der Waals surface area contributed by atoms with Crippen LogP contribution < -0.4 is 0 Å². The van der Waals surface area contributed by atoms with Crippen molar-refractivity contribution in [3.05, 3.63) is 35.9 Å². The zero-order chi connectivity index (χ0) is 11.8. The normalized spacial score (nSPS) is 8.67. The highest BCUT2D eigenvalue weighted by molar-refractivity contribution is 5.54. The maximum Gasteiger partial charge on any atom is 0.0666 e. The highest BCUT2D eigenvalue weighted by atomic mass is 14.9. The van der Waals surface area contributed by atoms with E-state index in [2.05, 4.69) is 29.3 Å². The lowest BCUT2D eigenvalue weighted by Crippen LogP contribution is -1.85. The van der Waals surface area contributed by atoms with Crippen LogP contribution in [0.5, 0.6) is 0 Å². The van der Waals surface area contributed by atoms with E-state index < -0.39 is 0 Å². The summed E-state index contributed by atoms with van der Waals surface area (Å²) >= 11 is 0. The quantitative estimate of drug-likeness (QED) is 0.636. The summed E-state index contributed by atoms with van der Waals surface area (Å²) in [5.74, 6) is 0. The number of aryl methyl sites for hydroxylation is 2. The predicted octanol–water partition coefficient (Wildman–Crippen LogP) is 4.00. The van der Waals surface area contributed by atoms with Crippen molar-refractivity contribution in [3.63, 3.8) is 0 Å². The first-order chi connectivity index (χ1) is 7.29. The Morgan fingerprint density at radius 1 is 1.07 bits per heavy atom. The molecule has 0 saturated heterocycles. The van der Waals surface area contributed by atoms with E-state index in [-0.39, 0.29) is 0 Å². The molecule has 0 atom stereocenters. The van der Waals surface area contributed by atoms with Crippen LogP contribution in [0.3, 0.4) is 0 Å². The molecule has 2 nitrogen and oxygen atoms in total. The molecule has 0 fully saturated rings. The van der Waals surface area contributed by atoms with Gasteiger partial charge in [0.25, 0.3) is 0 Å². The third kappa shape index (κ3) is 3.08. The summed E-state index contributed by atoms with van der Waals surface area (Å²) in [7, 11) is 0. The summed E-state index contributed by atoms with van der Waals surface area (Å²) in [5, 5.41) is 0. The van der Waals surface area contributed by atoms with Crippen LogP contribution >= 0.6 is 0 Å². The van der Waals surface area contributed by atoms with Crippen molar-refractivity contribution in [3.8, 4) is 0 Å². The van der Waals surface area contributed by atoms with E-state index in [0.717, 1.165) is 0 Å². The van der Waals surface area contributed by atoms with Gasteiger partial charge in [-0.3, -0.25) is 4.98 Å². The minimum absolute atomic E-state index is 1.20. The van der Waals surface area contributed by atoms with Crippen molar-refractivity contribution in [2.75, 3.05) is 0 Å². The average Bonchev–Trinajstić information content (AvgIpc) is 2.61. The van der Waals surface area contributed by atoms with Gasteiger partial charge in [-0.25, -0.2) is 0 Å². The fourth-order valence-corrected chi connectivity index (χ4v) is 1.42. The lowest BCUT2D eigenvalue weighted by molar-refractivity contribution is 1.08. The molecule has 2 rings (SSSR count). The van der Waals surface area contributed by atoms with Gasteiger partial charge in [-0.2, -0.15) is 0 Å². The molecule has 15 heavy (non-hydrogen) atoms. The second-order valence-corrected chi connectivity index (χ2v) is 2.80. The number of hydrogen-bond acceptors (Lipinski definition) is 1. The van der Waals surface area contributed by atoms with Crippen LogP contribution in [0.1, 0.15) is 39.0 Å². The van der Waals surface area contributed by atoms with E-state index in [4.69, 9.17) is 0 Å². The van der Waals surface area contributed by atoms with Gasteiger partial charge in [-0.05, 0) is 25.5 Å². The molecule has 0 spiro atoms. The van der Waals surface area contributed by atoms with E-state index in [1.165, 1.54) is 16.8 Å². The Hall–Kier alpha value is -1.31. The molecule has 0 N–H and O–H groups in total. The summed E-state index contributed by atoms with van der Waals surface area (Å²) in [6.07, 6.45) is 5.68. The van der Waals surface area contributed by atoms with Crippen LogP contribution in [0.15, 0.2) is 24.7 Å². The minimum atomic E-state index is 1.20. The average molecular weight is 206 g/mol. The number of aromatic nitrogens is 2. The summed E-state index contributed by atoms with van der Waals surface area (Å²) in [5.41, 5.74) is 3.75. The summed E-state index contributed by atoms with van der Waals surface area (Å²) in [6, 6.07) is 2.16. The molecule has 0 aliphatic heterocycles. The molecule has 0 unspecified atom stereocenters. The van der Waals surface area contributed by atoms with Gasteiger partial charge in [0.2, 0.25) is 0 Å². The molecule has 2 aromatic rings. The van der Waals surface area contributed by atoms with Crippen LogP contribution in [0.25, 0.3) is 5.52 Å².